The minimum atomic E-state index is -0.295. The van der Waals surface area contributed by atoms with Gasteiger partial charge in [0.1, 0.15) is 0 Å². The Balaban J connectivity index is 1.72. The summed E-state index contributed by atoms with van der Waals surface area (Å²) in [7, 11) is 0. The first-order valence-electron chi connectivity index (χ1n) is 12.7. The monoisotopic (exact) mass is 406 g/mol. The Hall–Kier alpha value is -0.120. The molecule has 0 aromatic rings. The van der Waals surface area contributed by atoms with E-state index in [1.165, 1.54) is 32.1 Å². The van der Waals surface area contributed by atoms with Crippen molar-refractivity contribution in [3.8, 4) is 0 Å². The summed E-state index contributed by atoms with van der Waals surface area (Å²) in [6.45, 7) is 12.1. The lowest BCUT2D eigenvalue weighted by molar-refractivity contribution is -0.232. The van der Waals surface area contributed by atoms with E-state index in [1.54, 1.807) is 0 Å². The third-order valence-electron chi connectivity index (χ3n) is 11.0. The van der Waals surface area contributed by atoms with Crippen LogP contribution in [0.1, 0.15) is 86.0 Å². The van der Waals surface area contributed by atoms with Crippen molar-refractivity contribution in [2.75, 3.05) is 6.61 Å². The van der Waals surface area contributed by atoms with Gasteiger partial charge in [0.25, 0.3) is 0 Å². The minimum Gasteiger partial charge on any atom is -0.396 e. The van der Waals surface area contributed by atoms with Crippen LogP contribution in [0.4, 0.5) is 0 Å². The molecule has 3 N–H and O–H groups in total. The first-order chi connectivity index (χ1) is 13.7. The van der Waals surface area contributed by atoms with Crippen molar-refractivity contribution in [1.29, 1.82) is 0 Å². The largest absolute Gasteiger partial charge is 0.396 e. The Morgan fingerprint density at radius 2 is 1.76 bits per heavy atom. The van der Waals surface area contributed by atoms with Crippen molar-refractivity contribution in [2.24, 2.45) is 58.2 Å². The summed E-state index contributed by atoms with van der Waals surface area (Å²) in [4.78, 5) is 0. The minimum absolute atomic E-state index is 0.0968. The zero-order chi connectivity index (χ0) is 21.1. The lowest BCUT2D eigenvalue weighted by Crippen LogP contribution is -2.65. The van der Waals surface area contributed by atoms with Crippen LogP contribution >= 0.6 is 0 Å². The van der Waals surface area contributed by atoms with Crippen LogP contribution in [-0.2, 0) is 0 Å². The van der Waals surface area contributed by atoms with E-state index in [0.717, 1.165) is 25.2 Å². The SMILES string of the molecule is CC[C@H]1C(O)C2C3CC[C@H]([C@H](C)CCO)[C@@]3(C)CC(O)C2[C@@]2(C)CC[C@@H](C)C[C@@H]12. The van der Waals surface area contributed by atoms with Gasteiger partial charge in [-0.15, -0.1) is 0 Å². The number of hydrogen-bond donors (Lipinski definition) is 3. The van der Waals surface area contributed by atoms with Gasteiger partial charge in [-0.25, -0.2) is 0 Å². The van der Waals surface area contributed by atoms with E-state index < -0.39 is 0 Å². The zero-order valence-electron chi connectivity index (χ0n) is 19.5. The van der Waals surface area contributed by atoms with Crippen molar-refractivity contribution < 1.29 is 15.3 Å². The summed E-state index contributed by atoms with van der Waals surface area (Å²) < 4.78 is 0. The average molecular weight is 407 g/mol. The molecule has 4 saturated carbocycles. The lowest BCUT2D eigenvalue weighted by atomic mass is 9.40. The van der Waals surface area contributed by atoms with E-state index in [1.807, 2.05) is 0 Å². The number of rotatable bonds is 4. The van der Waals surface area contributed by atoms with Gasteiger partial charge in [0.2, 0.25) is 0 Å². The van der Waals surface area contributed by atoms with Gasteiger partial charge in [0.15, 0.2) is 0 Å². The third kappa shape index (κ3) is 3.16. The van der Waals surface area contributed by atoms with Crippen LogP contribution in [0.5, 0.6) is 0 Å². The highest BCUT2D eigenvalue weighted by molar-refractivity contribution is 5.15. The molecule has 0 saturated heterocycles. The molecular formula is C26H46O3. The molecule has 168 valence electrons. The maximum Gasteiger partial charge on any atom is 0.0605 e. The maximum absolute atomic E-state index is 11.8. The Morgan fingerprint density at radius 1 is 1.03 bits per heavy atom. The molecule has 0 aliphatic heterocycles. The summed E-state index contributed by atoms with van der Waals surface area (Å²) in [5.74, 6) is 3.73. The molecule has 0 aromatic carbocycles. The molecule has 3 heteroatoms. The molecule has 0 radical (unpaired) electrons. The molecule has 4 aliphatic carbocycles. The summed E-state index contributed by atoms with van der Waals surface area (Å²) in [6.07, 6.45) is 8.34. The zero-order valence-corrected chi connectivity index (χ0v) is 19.5. The van der Waals surface area contributed by atoms with Gasteiger partial charge in [-0.3, -0.25) is 0 Å². The predicted molar refractivity (Wildman–Crippen MR) is 117 cm³/mol. The van der Waals surface area contributed by atoms with E-state index in [-0.39, 0.29) is 41.5 Å². The fourth-order valence-corrected chi connectivity index (χ4v) is 9.67. The van der Waals surface area contributed by atoms with E-state index in [4.69, 9.17) is 0 Å². The van der Waals surface area contributed by atoms with Gasteiger partial charge >= 0.3 is 0 Å². The van der Waals surface area contributed by atoms with Gasteiger partial charge in [0.05, 0.1) is 12.2 Å². The van der Waals surface area contributed by atoms with Crippen LogP contribution in [0, 0.1) is 58.2 Å². The Labute approximate surface area is 178 Å². The maximum atomic E-state index is 11.8. The summed E-state index contributed by atoms with van der Waals surface area (Å²) >= 11 is 0. The Kier molecular flexibility index (Phi) is 5.93. The fourth-order valence-electron chi connectivity index (χ4n) is 9.67. The van der Waals surface area contributed by atoms with Crippen molar-refractivity contribution in [3.05, 3.63) is 0 Å². The third-order valence-corrected chi connectivity index (χ3v) is 11.0. The molecule has 29 heavy (non-hydrogen) atoms. The van der Waals surface area contributed by atoms with E-state index in [2.05, 4.69) is 34.6 Å². The summed E-state index contributed by atoms with van der Waals surface area (Å²) in [5, 5.41) is 32.9. The van der Waals surface area contributed by atoms with Gasteiger partial charge in [0, 0.05) is 6.61 Å². The van der Waals surface area contributed by atoms with Crippen LogP contribution in [-0.4, -0.2) is 34.1 Å². The second-order valence-electron chi connectivity index (χ2n) is 12.2. The normalized spacial score (nSPS) is 55.7. The van der Waals surface area contributed by atoms with Gasteiger partial charge in [-0.1, -0.05) is 47.5 Å². The first-order valence-corrected chi connectivity index (χ1v) is 12.7. The molecule has 12 atom stereocenters. The fraction of sp³-hybridized carbons (Fsp3) is 1.00. The number of hydrogen-bond acceptors (Lipinski definition) is 3. The van der Waals surface area contributed by atoms with Crippen molar-refractivity contribution >= 4 is 0 Å². The smallest absolute Gasteiger partial charge is 0.0605 e. The Bertz CT molecular complexity index is 593. The van der Waals surface area contributed by atoms with E-state index >= 15 is 0 Å². The van der Waals surface area contributed by atoms with Crippen LogP contribution in [0.2, 0.25) is 0 Å². The van der Waals surface area contributed by atoms with Crippen LogP contribution in [0.25, 0.3) is 0 Å². The highest BCUT2D eigenvalue weighted by Gasteiger charge is 2.67. The highest BCUT2D eigenvalue weighted by Crippen LogP contribution is 2.69. The molecule has 0 spiro atoms. The van der Waals surface area contributed by atoms with Crippen molar-refractivity contribution in [2.45, 2.75) is 98.2 Å². The Morgan fingerprint density at radius 3 is 2.41 bits per heavy atom. The van der Waals surface area contributed by atoms with E-state index in [9.17, 15) is 15.3 Å². The second-order valence-corrected chi connectivity index (χ2v) is 12.2. The van der Waals surface area contributed by atoms with Gasteiger partial charge < -0.3 is 15.3 Å². The van der Waals surface area contributed by atoms with Crippen molar-refractivity contribution in [1.82, 2.24) is 0 Å². The topological polar surface area (TPSA) is 60.7 Å². The molecule has 3 nitrogen and oxygen atoms in total. The predicted octanol–water partition coefficient (Wildman–Crippen LogP) is 4.88. The molecular weight excluding hydrogens is 360 g/mol. The number of aliphatic hydroxyl groups excluding tert-OH is 3. The lowest BCUT2D eigenvalue weighted by Gasteiger charge is -2.66. The summed E-state index contributed by atoms with van der Waals surface area (Å²) in [6, 6.07) is 0. The van der Waals surface area contributed by atoms with Crippen LogP contribution < -0.4 is 0 Å². The van der Waals surface area contributed by atoms with Crippen molar-refractivity contribution in [3.63, 3.8) is 0 Å². The summed E-state index contributed by atoms with van der Waals surface area (Å²) in [5.41, 5.74) is 0.270. The average Bonchev–Trinajstić information content (AvgIpc) is 3.00. The molecule has 0 heterocycles. The molecule has 4 fully saturated rings. The number of fused-ring (bicyclic) bond motifs is 5. The van der Waals surface area contributed by atoms with Crippen LogP contribution in [0.15, 0.2) is 0 Å². The standard InChI is InChI=1S/C26H46O3/c1-6-17-20-13-15(2)9-11-25(20,4)23-21(28)14-26(5)18(16(3)10-12-27)7-8-19(26)22(23)24(17)29/h15-24,27-29H,6-14H2,1-5H3/t15-,16-,17-,18-,19?,20+,21?,22?,23?,24?,25+,26-/m1/s1. The van der Waals surface area contributed by atoms with E-state index in [0.29, 0.717) is 29.6 Å². The van der Waals surface area contributed by atoms with Crippen LogP contribution in [0.3, 0.4) is 0 Å². The molecule has 5 unspecified atom stereocenters. The molecule has 0 bridgehead atoms. The van der Waals surface area contributed by atoms with Gasteiger partial charge in [-0.05, 0) is 96.7 Å². The first kappa shape index (κ1) is 22.1. The molecule has 4 rings (SSSR count). The second kappa shape index (κ2) is 7.78. The van der Waals surface area contributed by atoms with Gasteiger partial charge in [-0.2, -0.15) is 0 Å². The molecule has 0 aromatic heterocycles. The molecule has 0 amide bonds. The molecule has 4 aliphatic rings. The highest BCUT2D eigenvalue weighted by atomic mass is 16.3. The quantitative estimate of drug-likeness (QED) is 0.624. The number of aliphatic hydroxyl groups is 3.